The molecule has 5 nitrogen and oxygen atoms in total. The van der Waals surface area contributed by atoms with Gasteiger partial charge in [-0.2, -0.15) is 0 Å². The molecule has 0 aliphatic heterocycles. The molecule has 3 N–H and O–H groups in total. The van der Waals surface area contributed by atoms with E-state index in [4.69, 9.17) is 10.5 Å². The van der Waals surface area contributed by atoms with Crippen LogP contribution in [0.3, 0.4) is 0 Å². The summed E-state index contributed by atoms with van der Waals surface area (Å²) in [5, 5.41) is 3.00. The number of rotatable bonds is 10. The summed E-state index contributed by atoms with van der Waals surface area (Å²) >= 11 is 0. The molecule has 1 aliphatic carbocycles. The Bertz CT molecular complexity index is 524. The third-order valence-corrected chi connectivity index (χ3v) is 5.15. The van der Waals surface area contributed by atoms with Crippen LogP contribution < -0.4 is 15.8 Å². The third kappa shape index (κ3) is 9.15. The molecule has 1 aromatic carbocycles. The number of hydrogen-bond acceptors (Lipinski definition) is 4. The van der Waals surface area contributed by atoms with Crippen LogP contribution in [-0.2, 0) is 11.3 Å². The molecule has 0 heterocycles. The van der Waals surface area contributed by atoms with Crippen molar-refractivity contribution < 1.29 is 9.53 Å². The number of nitrogens with zero attached hydrogens (tertiary/aromatic N) is 1. The van der Waals surface area contributed by atoms with E-state index in [0.29, 0.717) is 25.5 Å². The maximum atomic E-state index is 12.1. The Hall–Kier alpha value is -1.01. The molecule has 1 saturated carbocycles. The van der Waals surface area contributed by atoms with Gasteiger partial charge in [-0.25, -0.2) is 0 Å². The standard InChI is InChI=1S/C20H33N3O2.2ClH/c1-3-23(4-2)12-13-25-18-10-8-16(9-11-18)15-22-20(24)14-17-6-5-7-19(17)21;;/h8-11,17,19H,3-7,12-15,21H2,1-2H3,(H,22,24);2*1H/t17-,19+;;/m0../s1. The number of ether oxygens (including phenoxy) is 1. The van der Waals surface area contributed by atoms with Crippen molar-refractivity contribution >= 4 is 30.7 Å². The highest BCUT2D eigenvalue weighted by Crippen LogP contribution is 2.26. The van der Waals surface area contributed by atoms with E-state index >= 15 is 0 Å². The van der Waals surface area contributed by atoms with E-state index in [9.17, 15) is 4.79 Å². The van der Waals surface area contributed by atoms with E-state index in [1.807, 2.05) is 24.3 Å². The van der Waals surface area contributed by atoms with Gasteiger partial charge in [0.05, 0.1) is 0 Å². The van der Waals surface area contributed by atoms with Crippen LogP contribution >= 0.6 is 24.8 Å². The summed E-state index contributed by atoms with van der Waals surface area (Å²) in [5.41, 5.74) is 7.11. The molecule has 7 heteroatoms. The maximum absolute atomic E-state index is 12.1. The SMILES string of the molecule is CCN(CC)CCOc1ccc(CNC(=O)C[C@@H]2CCC[C@H]2N)cc1.Cl.Cl. The summed E-state index contributed by atoms with van der Waals surface area (Å²) in [4.78, 5) is 14.4. The van der Waals surface area contributed by atoms with Crippen molar-refractivity contribution in [3.8, 4) is 5.75 Å². The van der Waals surface area contributed by atoms with E-state index in [2.05, 4.69) is 24.1 Å². The zero-order valence-electron chi connectivity index (χ0n) is 16.5. The second-order valence-electron chi connectivity index (χ2n) is 6.85. The van der Waals surface area contributed by atoms with Gasteiger partial charge in [0.1, 0.15) is 12.4 Å². The molecule has 1 fully saturated rings. The van der Waals surface area contributed by atoms with E-state index in [-0.39, 0.29) is 36.8 Å². The van der Waals surface area contributed by atoms with Gasteiger partial charge >= 0.3 is 0 Å². The summed E-state index contributed by atoms with van der Waals surface area (Å²) < 4.78 is 5.78. The van der Waals surface area contributed by atoms with Gasteiger partial charge in [0.2, 0.25) is 5.91 Å². The average Bonchev–Trinajstić information content (AvgIpc) is 3.03. The van der Waals surface area contributed by atoms with E-state index in [0.717, 1.165) is 50.2 Å². The number of benzene rings is 1. The molecular formula is C20H35Cl2N3O2. The molecule has 1 aromatic rings. The molecular weight excluding hydrogens is 385 g/mol. The zero-order valence-corrected chi connectivity index (χ0v) is 18.1. The fourth-order valence-corrected chi connectivity index (χ4v) is 3.37. The van der Waals surface area contributed by atoms with Gasteiger partial charge in [-0.1, -0.05) is 32.4 Å². The monoisotopic (exact) mass is 419 g/mol. The van der Waals surface area contributed by atoms with Crippen LogP contribution in [0.4, 0.5) is 0 Å². The van der Waals surface area contributed by atoms with Gasteiger partial charge in [-0.05, 0) is 49.5 Å². The lowest BCUT2D eigenvalue weighted by Gasteiger charge is -2.18. The summed E-state index contributed by atoms with van der Waals surface area (Å²) in [6.07, 6.45) is 3.82. The quantitative estimate of drug-likeness (QED) is 0.609. The van der Waals surface area contributed by atoms with E-state index < -0.39 is 0 Å². The second kappa shape index (κ2) is 14.1. The Morgan fingerprint density at radius 2 is 1.85 bits per heavy atom. The van der Waals surface area contributed by atoms with Crippen molar-refractivity contribution in [2.75, 3.05) is 26.2 Å². The largest absolute Gasteiger partial charge is 0.492 e. The predicted octanol–water partition coefficient (Wildman–Crippen LogP) is 3.38. The Kier molecular flexibility index (Phi) is 13.5. The molecule has 2 rings (SSSR count). The molecule has 156 valence electrons. The normalized spacial score (nSPS) is 18.5. The number of carbonyl (C=O) groups excluding carboxylic acids is 1. The Labute approximate surface area is 176 Å². The summed E-state index contributed by atoms with van der Waals surface area (Å²) in [5.74, 6) is 1.32. The lowest BCUT2D eigenvalue weighted by molar-refractivity contribution is -0.122. The van der Waals surface area contributed by atoms with Gasteiger partial charge in [0.15, 0.2) is 0 Å². The number of nitrogens with one attached hydrogen (secondary N) is 1. The van der Waals surface area contributed by atoms with Crippen molar-refractivity contribution in [1.82, 2.24) is 10.2 Å². The first-order chi connectivity index (χ1) is 12.1. The van der Waals surface area contributed by atoms with Crippen molar-refractivity contribution in [2.24, 2.45) is 11.7 Å². The van der Waals surface area contributed by atoms with Crippen LogP contribution in [0.15, 0.2) is 24.3 Å². The topological polar surface area (TPSA) is 67.6 Å². The highest BCUT2D eigenvalue weighted by molar-refractivity contribution is 5.85. The minimum Gasteiger partial charge on any atom is -0.492 e. The van der Waals surface area contributed by atoms with E-state index in [1.54, 1.807) is 0 Å². The van der Waals surface area contributed by atoms with Gasteiger partial charge in [-0.15, -0.1) is 24.8 Å². The smallest absolute Gasteiger partial charge is 0.220 e. The van der Waals surface area contributed by atoms with Gasteiger partial charge in [0.25, 0.3) is 0 Å². The molecule has 27 heavy (non-hydrogen) atoms. The molecule has 0 saturated heterocycles. The Morgan fingerprint density at radius 1 is 1.19 bits per heavy atom. The fourth-order valence-electron chi connectivity index (χ4n) is 3.37. The van der Waals surface area contributed by atoms with E-state index in [1.165, 1.54) is 0 Å². The van der Waals surface area contributed by atoms with Crippen LogP contribution in [0.2, 0.25) is 0 Å². The molecule has 0 unspecified atom stereocenters. The van der Waals surface area contributed by atoms with Crippen LogP contribution in [0.1, 0.15) is 45.1 Å². The molecule has 1 amide bonds. The van der Waals surface area contributed by atoms with Gasteiger partial charge in [-0.3, -0.25) is 4.79 Å². The molecule has 0 aromatic heterocycles. The number of nitrogens with two attached hydrogens (primary N) is 1. The number of halogens is 2. The highest BCUT2D eigenvalue weighted by Gasteiger charge is 2.25. The van der Waals surface area contributed by atoms with Gasteiger partial charge in [0, 0.05) is 25.6 Å². The number of hydrogen-bond donors (Lipinski definition) is 2. The zero-order chi connectivity index (χ0) is 18.1. The van der Waals surface area contributed by atoms with Crippen molar-refractivity contribution in [3.63, 3.8) is 0 Å². The van der Waals surface area contributed by atoms with Gasteiger partial charge < -0.3 is 20.7 Å². The molecule has 0 bridgehead atoms. The first-order valence-electron chi connectivity index (χ1n) is 9.58. The van der Waals surface area contributed by atoms with Crippen molar-refractivity contribution in [3.05, 3.63) is 29.8 Å². The summed E-state index contributed by atoms with van der Waals surface area (Å²) in [7, 11) is 0. The molecule has 2 atom stereocenters. The Morgan fingerprint density at radius 3 is 2.41 bits per heavy atom. The number of carbonyl (C=O) groups is 1. The predicted molar refractivity (Wildman–Crippen MR) is 116 cm³/mol. The lowest BCUT2D eigenvalue weighted by Crippen LogP contribution is -2.31. The highest BCUT2D eigenvalue weighted by atomic mass is 35.5. The van der Waals surface area contributed by atoms with Crippen LogP contribution in [0.5, 0.6) is 5.75 Å². The number of likely N-dealkylation sites (N-methyl/N-ethyl adjacent to an activating group) is 1. The first-order valence-corrected chi connectivity index (χ1v) is 9.58. The van der Waals surface area contributed by atoms with Crippen LogP contribution in [0.25, 0.3) is 0 Å². The molecule has 1 aliphatic rings. The minimum atomic E-state index is 0. The fraction of sp³-hybridized carbons (Fsp3) is 0.650. The first kappa shape index (κ1) is 26.0. The average molecular weight is 420 g/mol. The lowest BCUT2D eigenvalue weighted by atomic mass is 10.00. The van der Waals surface area contributed by atoms with Crippen molar-refractivity contribution in [1.29, 1.82) is 0 Å². The number of amides is 1. The summed E-state index contributed by atoms with van der Waals surface area (Å²) in [6.45, 7) is 8.60. The second-order valence-corrected chi connectivity index (χ2v) is 6.85. The molecule has 0 radical (unpaired) electrons. The molecule has 0 spiro atoms. The summed E-state index contributed by atoms with van der Waals surface area (Å²) in [6, 6.07) is 8.15. The third-order valence-electron chi connectivity index (χ3n) is 5.15. The van der Waals surface area contributed by atoms with Crippen molar-refractivity contribution in [2.45, 2.75) is 52.1 Å². The minimum absolute atomic E-state index is 0. The van der Waals surface area contributed by atoms with Crippen LogP contribution in [0, 0.1) is 5.92 Å². The van der Waals surface area contributed by atoms with Crippen LogP contribution in [-0.4, -0.2) is 43.1 Å². The Balaban J connectivity index is 0.00000338. The maximum Gasteiger partial charge on any atom is 0.220 e.